The average molecular weight is 624 g/mol. The van der Waals surface area contributed by atoms with E-state index < -0.39 is 29.8 Å². The van der Waals surface area contributed by atoms with Crippen LogP contribution in [0.5, 0.6) is 11.5 Å². The topological polar surface area (TPSA) is 71.7 Å². The van der Waals surface area contributed by atoms with Crippen LogP contribution in [0.2, 0.25) is 10.0 Å². The van der Waals surface area contributed by atoms with E-state index in [9.17, 15) is 32.0 Å². The van der Waals surface area contributed by atoms with E-state index in [1.807, 2.05) is 0 Å². The first-order valence-corrected chi connectivity index (χ1v) is 13.3. The minimum Gasteiger partial charge on any atom is -0.619 e. The molecule has 1 aliphatic carbocycles. The van der Waals surface area contributed by atoms with E-state index >= 15 is 0 Å². The molecule has 1 heterocycles. The van der Waals surface area contributed by atoms with Crippen LogP contribution in [0.1, 0.15) is 35.6 Å². The first kappa shape index (κ1) is 30.0. The lowest BCUT2D eigenvalue weighted by Gasteiger charge is -2.21. The van der Waals surface area contributed by atoms with Gasteiger partial charge in [0.15, 0.2) is 23.9 Å². The minimum atomic E-state index is -4.54. The second kappa shape index (κ2) is 12.7. The van der Waals surface area contributed by atoms with Gasteiger partial charge in [-0.3, -0.25) is 0 Å². The maximum Gasteiger partial charge on any atom is 0.416 e. The van der Waals surface area contributed by atoms with Gasteiger partial charge in [-0.25, -0.2) is 4.79 Å². The summed E-state index contributed by atoms with van der Waals surface area (Å²) >= 11 is 13.0. The Bertz CT molecular complexity index is 1330. The fourth-order valence-electron chi connectivity index (χ4n) is 3.61. The molecular weight excluding hydrogens is 604 g/mol. The number of carbonyl (C=O) groups is 1. The summed E-state index contributed by atoms with van der Waals surface area (Å²) in [6, 6.07) is 7.94. The molecular formula is C26H20Cl2F5NO5S. The summed E-state index contributed by atoms with van der Waals surface area (Å²) in [5.74, 6) is 0.0770. The molecule has 2 aromatic carbocycles. The highest BCUT2D eigenvalue weighted by Gasteiger charge is 2.30. The van der Waals surface area contributed by atoms with Crippen LogP contribution in [0.15, 0.2) is 59.8 Å². The summed E-state index contributed by atoms with van der Waals surface area (Å²) in [5, 5.41) is 10.8. The molecule has 0 amide bonds. The van der Waals surface area contributed by atoms with E-state index in [1.54, 1.807) is 0 Å². The van der Waals surface area contributed by atoms with E-state index in [-0.39, 0.29) is 50.9 Å². The Kier molecular flexibility index (Phi) is 9.52. The Morgan fingerprint density at radius 3 is 2.27 bits per heavy atom. The van der Waals surface area contributed by atoms with E-state index in [0.29, 0.717) is 22.1 Å². The van der Waals surface area contributed by atoms with Crippen molar-refractivity contribution in [2.45, 2.75) is 43.0 Å². The maximum atomic E-state index is 13.0. The molecule has 4 rings (SSSR count). The number of nitrogens with zero attached hydrogens (tertiary/aromatic N) is 1. The Morgan fingerprint density at radius 1 is 1.05 bits per heavy atom. The largest absolute Gasteiger partial charge is 0.619 e. The molecule has 0 radical (unpaired) electrons. The third-order valence-electron chi connectivity index (χ3n) is 5.80. The third-order valence-corrected chi connectivity index (χ3v) is 7.22. The zero-order chi connectivity index (χ0) is 29.0. The van der Waals surface area contributed by atoms with Gasteiger partial charge in [0, 0.05) is 16.9 Å². The van der Waals surface area contributed by atoms with Crippen LogP contribution in [-0.2, 0) is 17.3 Å². The Labute approximate surface area is 239 Å². The highest BCUT2D eigenvalue weighted by atomic mass is 35.5. The normalized spacial score (nSPS) is 14.2. The first-order chi connectivity index (χ1) is 18.9. The van der Waals surface area contributed by atoms with Crippen LogP contribution in [0.4, 0.5) is 26.7 Å². The molecule has 0 bridgehead atoms. The molecule has 14 heteroatoms. The van der Waals surface area contributed by atoms with Crippen LogP contribution in [0.25, 0.3) is 0 Å². The lowest BCUT2D eigenvalue weighted by Crippen LogP contribution is -2.25. The van der Waals surface area contributed by atoms with Crippen molar-refractivity contribution in [1.82, 2.24) is 0 Å². The van der Waals surface area contributed by atoms with Gasteiger partial charge in [0.2, 0.25) is 0 Å². The third kappa shape index (κ3) is 8.28. The van der Waals surface area contributed by atoms with Crippen LogP contribution < -0.4 is 14.2 Å². The van der Waals surface area contributed by atoms with Gasteiger partial charge >= 0.3 is 18.1 Å². The zero-order valence-electron chi connectivity index (χ0n) is 20.3. The zero-order valence-corrected chi connectivity index (χ0v) is 22.6. The molecule has 214 valence electrons. The highest BCUT2D eigenvalue weighted by Crippen LogP contribution is 2.39. The van der Waals surface area contributed by atoms with Crippen LogP contribution >= 0.6 is 35.0 Å². The first-order valence-electron chi connectivity index (χ1n) is 11.7. The number of thioether (sulfide) groups is 1. The standard InChI is InChI=1S/C26H20Cl2F5NO5S/c27-19-11-34(36)12-20(28)18(19)10-22(39-25(35)40-17-6-4-16(5-7-17)26(31,32)33)15-3-8-21(38-24(29)30)23(9-15)37-13-14-1-2-14/h3-9,11-12,14,22,24H,1-2,10,13H2/t22-/m0/s1. The summed E-state index contributed by atoms with van der Waals surface area (Å²) in [5.41, 5.74) is -0.308. The Hall–Kier alpha value is -2.96. The Balaban J connectivity index is 1.62. The van der Waals surface area contributed by atoms with Crippen molar-refractivity contribution < 1.29 is 45.7 Å². The Morgan fingerprint density at radius 2 is 1.70 bits per heavy atom. The molecule has 0 aliphatic heterocycles. The van der Waals surface area contributed by atoms with Crippen LogP contribution in [0.3, 0.4) is 0 Å². The fourth-order valence-corrected chi connectivity index (χ4v) is 4.84. The number of halogens is 7. The van der Waals surface area contributed by atoms with Crippen molar-refractivity contribution in [2.24, 2.45) is 5.92 Å². The van der Waals surface area contributed by atoms with Gasteiger partial charge in [-0.15, -0.1) is 0 Å². The molecule has 6 nitrogen and oxygen atoms in total. The van der Waals surface area contributed by atoms with Crippen LogP contribution in [0, 0.1) is 11.1 Å². The van der Waals surface area contributed by atoms with Gasteiger partial charge in [0.1, 0.15) is 16.1 Å². The van der Waals surface area contributed by atoms with Gasteiger partial charge in [-0.2, -0.15) is 26.7 Å². The minimum absolute atomic E-state index is 0.00352. The average Bonchev–Trinajstić information content (AvgIpc) is 3.69. The van der Waals surface area contributed by atoms with Crippen molar-refractivity contribution in [3.63, 3.8) is 0 Å². The number of pyridine rings is 1. The van der Waals surface area contributed by atoms with Crippen molar-refractivity contribution in [2.75, 3.05) is 6.61 Å². The molecule has 1 aromatic heterocycles. The lowest BCUT2D eigenvalue weighted by atomic mass is 10.0. The number of ether oxygens (including phenoxy) is 3. The molecule has 0 spiro atoms. The number of alkyl halides is 5. The van der Waals surface area contributed by atoms with Gasteiger partial charge < -0.3 is 19.4 Å². The molecule has 1 atom stereocenters. The summed E-state index contributed by atoms with van der Waals surface area (Å²) in [6.45, 7) is -2.83. The van der Waals surface area contributed by atoms with E-state index in [4.69, 9.17) is 32.7 Å². The molecule has 3 aromatic rings. The maximum absolute atomic E-state index is 13.0. The number of benzene rings is 2. The number of carbonyl (C=O) groups excluding carboxylic acids is 1. The fraction of sp³-hybridized carbons (Fsp3) is 0.308. The van der Waals surface area contributed by atoms with Gasteiger partial charge in [0.25, 0.3) is 0 Å². The lowest BCUT2D eigenvalue weighted by molar-refractivity contribution is -0.605. The molecule has 1 fully saturated rings. The molecule has 0 saturated heterocycles. The molecule has 1 saturated carbocycles. The van der Waals surface area contributed by atoms with Crippen molar-refractivity contribution >= 4 is 40.3 Å². The SMILES string of the molecule is O=C(O[C@@H](Cc1c(Cl)c[n+]([O-])cc1Cl)c1ccc(OC(F)F)c(OCC2CC2)c1)Sc1ccc(C(F)(F)F)cc1. The molecule has 1 aliphatic rings. The van der Waals surface area contributed by atoms with E-state index in [2.05, 4.69) is 4.74 Å². The van der Waals surface area contributed by atoms with E-state index in [0.717, 1.165) is 49.5 Å². The van der Waals surface area contributed by atoms with E-state index in [1.165, 1.54) is 18.2 Å². The number of hydrogen-bond acceptors (Lipinski definition) is 6. The number of hydrogen-bond donors (Lipinski definition) is 0. The summed E-state index contributed by atoms with van der Waals surface area (Å²) in [4.78, 5) is 13.0. The smallest absolute Gasteiger partial charge is 0.416 e. The summed E-state index contributed by atoms with van der Waals surface area (Å²) < 4.78 is 80.9. The van der Waals surface area contributed by atoms with Gasteiger partial charge in [-0.1, -0.05) is 29.3 Å². The monoisotopic (exact) mass is 623 g/mol. The number of rotatable bonds is 10. The van der Waals surface area contributed by atoms with Crippen molar-refractivity contribution in [3.05, 3.63) is 86.8 Å². The number of aromatic nitrogens is 1. The summed E-state index contributed by atoms with van der Waals surface area (Å²) in [6.07, 6.45) is -1.78. The highest BCUT2D eigenvalue weighted by molar-refractivity contribution is 8.13. The van der Waals surface area contributed by atoms with Crippen molar-refractivity contribution in [3.8, 4) is 11.5 Å². The summed E-state index contributed by atoms with van der Waals surface area (Å²) in [7, 11) is 0. The second-order valence-electron chi connectivity index (χ2n) is 8.82. The predicted octanol–water partition coefficient (Wildman–Crippen LogP) is 8.25. The quantitative estimate of drug-likeness (QED) is 0.0744. The van der Waals surface area contributed by atoms with Crippen molar-refractivity contribution in [1.29, 1.82) is 0 Å². The molecule has 40 heavy (non-hydrogen) atoms. The predicted molar refractivity (Wildman–Crippen MR) is 137 cm³/mol. The second-order valence-corrected chi connectivity index (χ2v) is 10.6. The van der Waals surface area contributed by atoms with Crippen LogP contribution in [-0.4, -0.2) is 18.5 Å². The molecule has 0 unspecified atom stereocenters. The van der Waals surface area contributed by atoms with Gasteiger partial charge in [0.05, 0.1) is 12.2 Å². The van der Waals surface area contributed by atoms with Gasteiger partial charge in [-0.05, 0) is 72.5 Å². The molecule has 0 N–H and O–H groups in total.